The van der Waals surface area contributed by atoms with Crippen molar-refractivity contribution in [3.63, 3.8) is 0 Å². The summed E-state index contributed by atoms with van der Waals surface area (Å²) in [6.07, 6.45) is 2.22. The summed E-state index contributed by atoms with van der Waals surface area (Å²) in [4.78, 5) is 22.3. The number of hydrogen-bond donors (Lipinski definition) is 0. The maximum atomic E-state index is 11.5. The van der Waals surface area contributed by atoms with Crippen LogP contribution in [0.15, 0.2) is 0 Å². The Kier molecular flexibility index (Phi) is 4.36. The molecule has 3 heteroatoms. The quantitative estimate of drug-likeness (QED) is 0.512. The molecule has 1 aliphatic rings. The smallest absolute Gasteiger partial charge is 0.302 e. The fourth-order valence-electron chi connectivity index (χ4n) is 1.79. The standard InChI is InChI=1S/C12H16O3/c1-3-4-5-6-10-11(14)7-8-12(10)15-9(2)13/h10,12H,3,6-8H2,1-2H3. The van der Waals surface area contributed by atoms with E-state index >= 15 is 0 Å². The molecule has 0 heterocycles. The lowest BCUT2D eigenvalue weighted by Crippen LogP contribution is -2.24. The van der Waals surface area contributed by atoms with Crippen molar-refractivity contribution in [1.29, 1.82) is 0 Å². The number of rotatable bonds is 2. The summed E-state index contributed by atoms with van der Waals surface area (Å²) in [5.41, 5.74) is 0. The maximum Gasteiger partial charge on any atom is 0.302 e. The van der Waals surface area contributed by atoms with Crippen LogP contribution < -0.4 is 0 Å². The van der Waals surface area contributed by atoms with Gasteiger partial charge in [0.25, 0.3) is 0 Å². The van der Waals surface area contributed by atoms with Crippen molar-refractivity contribution in [2.75, 3.05) is 0 Å². The Morgan fingerprint density at radius 1 is 1.53 bits per heavy atom. The van der Waals surface area contributed by atoms with Crippen molar-refractivity contribution in [3.05, 3.63) is 0 Å². The molecule has 0 amide bonds. The first kappa shape index (κ1) is 11.8. The Balaban J connectivity index is 2.56. The lowest BCUT2D eigenvalue weighted by molar-refractivity contribution is -0.148. The van der Waals surface area contributed by atoms with E-state index in [1.165, 1.54) is 6.92 Å². The summed E-state index contributed by atoms with van der Waals surface area (Å²) in [5.74, 6) is 5.53. The molecule has 2 atom stereocenters. The predicted molar refractivity (Wildman–Crippen MR) is 56.0 cm³/mol. The minimum Gasteiger partial charge on any atom is -0.462 e. The molecule has 0 radical (unpaired) electrons. The van der Waals surface area contributed by atoms with Crippen LogP contribution in [0.25, 0.3) is 0 Å². The average molecular weight is 208 g/mol. The third-order valence-electron chi connectivity index (χ3n) is 2.48. The van der Waals surface area contributed by atoms with Crippen LogP contribution in [0.3, 0.4) is 0 Å². The van der Waals surface area contributed by atoms with Gasteiger partial charge < -0.3 is 4.74 Å². The molecule has 0 aliphatic heterocycles. The fourth-order valence-corrected chi connectivity index (χ4v) is 1.79. The molecular formula is C12H16O3. The Labute approximate surface area is 90.2 Å². The summed E-state index contributed by atoms with van der Waals surface area (Å²) in [6, 6.07) is 0. The van der Waals surface area contributed by atoms with Gasteiger partial charge in [-0.05, 0) is 6.42 Å². The van der Waals surface area contributed by atoms with E-state index in [4.69, 9.17) is 4.74 Å². The largest absolute Gasteiger partial charge is 0.462 e. The monoisotopic (exact) mass is 208 g/mol. The van der Waals surface area contributed by atoms with E-state index in [2.05, 4.69) is 11.8 Å². The first-order chi connectivity index (χ1) is 7.15. The highest BCUT2D eigenvalue weighted by Crippen LogP contribution is 2.27. The van der Waals surface area contributed by atoms with Gasteiger partial charge in [0.2, 0.25) is 0 Å². The molecule has 3 nitrogen and oxygen atoms in total. The van der Waals surface area contributed by atoms with Crippen LogP contribution in [0.5, 0.6) is 0 Å². The number of carbonyl (C=O) groups excluding carboxylic acids is 2. The second-order valence-corrected chi connectivity index (χ2v) is 3.67. The number of hydrogen-bond acceptors (Lipinski definition) is 3. The second kappa shape index (κ2) is 5.55. The summed E-state index contributed by atoms with van der Waals surface area (Å²) < 4.78 is 5.10. The molecule has 82 valence electrons. The lowest BCUT2D eigenvalue weighted by Gasteiger charge is -2.15. The van der Waals surface area contributed by atoms with E-state index in [9.17, 15) is 9.59 Å². The van der Waals surface area contributed by atoms with Crippen LogP contribution in [0.2, 0.25) is 0 Å². The number of esters is 1. The molecule has 2 unspecified atom stereocenters. The second-order valence-electron chi connectivity index (χ2n) is 3.67. The molecule has 1 fully saturated rings. The van der Waals surface area contributed by atoms with Crippen molar-refractivity contribution in [1.82, 2.24) is 0 Å². The number of ether oxygens (including phenoxy) is 1. The lowest BCUT2D eigenvalue weighted by atomic mass is 10.0. The van der Waals surface area contributed by atoms with Gasteiger partial charge in [0.15, 0.2) is 0 Å². The molecular weight excluding hydrogens is 192 g/mol. The van der Waals surface area contributed by atoms with Gasteiger partial charge in [0.1, 0.15) is 11.9 Å². The molecule has 1 rings (SSSR count). The molecule has 15 heavy (non-hydrogen) atoms. The van der Waals surface area contributed by atoms with Crippen LogP contribution in [0.4, 0.5) is 0 Å². The topological polar surface area (TPSA) is 43.4 Å². The van der Waals surface area contributed by atoms with Gasteiger partial charge in [-0.1, -0.05) is 6.92 Å². The van der Waals surface area contributed by atoms with Crippen LogP contribution in [0.1, 0.15) is 39.5 Å². The molecule has 1 aliphatic carbocycles. The molecule has 0 aromatic carbocycles. The van der Waals surface area contributed by atoms with E-state index < -0.39 is 0 Å². The van der Waals surface area contributed by atoms with Crippen molar-refractivity contribution < 1.29 is 14.3 Å². The summed E-state index contributed by atoms with van der Waals surface area (Å²) in [7, 11) is 0. The fraction of sp³-hybridized carbons (Fsp3) is 0.667. The van der Waals surface area contributed by atoms with E-state index in [1.807, 2.05) is 6.92 Å². The Bertz CT molecular complexity index is 309. The molecule has 0 bridgehead atoms. The zero-order chi connectivity index (χ0) is 11.3. The first-order valence-electron chi connectivity index (χ1n) is 5.30. The van der Waals surface area contributed by atoms with Gasteiger partial charge in [-0.3, -0.25) is 9.59 Å². The molecule has 0 spiro atoms. The molecule has 0 aromatic rings. The van der Waals surface area contributed by atoms with E-state index in [-0.39, 0.29) is 23.8 Å². The highest BCUT2D eigenvalue weighted by molar-refractivity contribution is 5.84. The minimum atomic E-state index is -0.317. The van der Waals surface area contributed by atoms with Crippen molar-refractivity contribution in [2.45, 2.75) is 45.6 Å². The van der Waals surface area contributed by atoms with Crippen LogP contribution in [-0.4, -0.2) is 17.9 Å². The highest BCUT2D eigenvalue weighted by Gasteiger charge is 2.36. The highest BCUT2D eigenvalue weighted by atomic mass is 16.5. The van der Waals surface area contributed by atoms with E-state index in [0.717, 1.165) is 6.42 Å². The van der Waals surface area contributed by atoms with Crippen LogP contribution in [0, 0.1) is 17.8 Å². The van der Waals surface area contributed by atoms with E-state index in [0.29, 0.717) is 19.3 Å². The van der Waals surface area contributed by atoms with Crippen LogP contribution in [-0.2, 0) is 14.3 Å². The zero-order valence-electron chi connectivity index (χ0n) is 9.21. The van der Waals surface area contributed by atoms with Crippen LogP contribution >= 0.6 is 0 Å². The van der Waals surface area contributed by atoms with Crippen molar-refractivity contribution in [2.24, 2.45) is 5.92 Å². The van der Waals surface area contributed by atoms with Crippen molar-refractivity contribution >= 4 is 11.8 Å². The predicted octanol–water partition coefficient (Wildman–Crippen LogP) is 1.70. The third-order valence-corrected chi connectivity index (χ3v) is 2.48. The van der Waals surface area contributed by atoms with Gasteiger partial charge in [0.05, 0.1) is 5.92 Å². The number of ketones is 1. The van der Waals surface area contributed by atoms with Gasteiger partial charge >= 0.3 is 5.97 Å². The summed E-state index contributed by atoms with van der Waals surface area (Å²) >= 11 is 0. The number of carbonyl (C=O) groups is 2. The molecule has 1 saturated carbocycles. The summed E-state index contributed by atoms with van der Waals surface area (Å²) in [5, 5.41) is 0. The molecule has 0 saturated heterocycles. The third kappa shape index (κ3) is 3.39. The normalized spacial score (nSPS) is 24.5. The van der Waals surface area contributed by atoms with Gasteiger partial charge in [-0.15, -0.1) is 11.8 Å². The Morgan fingerprint density at radius 2 is 2.27 bits per heavy atom. The van der Waals surface area contributed by atoms with E-state index in [1.54, 1.807) is 0 Å². The van der Waals surface area contributed by atoms with Gasteiger partial charge in [-0.2, -0.15) is 0 Å². The summed E-state index contributed by atoms with van der Waals surface area (Å²) in [6.45, 7) is 3.34. The maximum absolute atomic E-state index is 11.5. The van der Waals surface area contributed by atoms with Gasteiger partial charge in [-0.25, -0.2) is 0 Å². The SMILES string of the molecule is CCC#CCC1C(=O)CCC1OC(C)=O. The van der Waals surface area contributed by atoms with Gasteiger partial charge in [0, 0.05) is 26.2 Å². The molecule has 0 aromatic heterocycles. The Morgan fingerprint density at radius 3 is 2.87 bits per heavy atom. The Hall–Kier alpha value is -1.30. The first-order valence-corrected chi connectivity index (χ1v) is 5.30. The number of Topliss-reactive ketones (excluding diaryl/α,β-unsaturated/α-hetero) is 1. The minimum absolute atomic E-state index is 0.173. The average Bonchev–Trinajstić information content (AvgIpc) is 2.49. The zero-order valence-corrected chi connectivity index (χ0v) is 9.21. The van der Waals surface area contributed by atoms with Crippen molar-refractivity contribution in [3.8, 4) is 11.8 Å². The molecule has 0 N–H and O–H groups in total.